The van der Waals surface area contributed by atoms with Gasteiger partial charge in [0.1, 0.15) is 11.5 Å². The van der Waals surface area contributed by atoms with Crippen molar-refractivity contribution in [1.29, 1.82) is 0 Å². The maximum absolute atomic E-state index is 5.21. The van der Waals surface area contributed by atoms with Crippen LogP contribution in [0.5, 0.6) is 0 Å². The third-order valence-corrected chi connectivity index (χ3v) is 2.02. The molecule has 1 N–H and O–H groups in total. The molecule has 1 aromatic rings. The van der Waals surface area contributed by atoms with Crippen LogP contribution in [0.25, 0.3) is 0 Å². The zero-order valence-electron chi connectivity index (χ0n) is 6.85. The molecule has 2 rings (SSSR count). The predicted octanol–water partition coefficient (Wildman–Crippen LogP) is 1.40. The number of aromatic nitrogens is 1. The van der Waals surface area contributed by atoms with Gasteiger partial charge in [-0.15, -0.1) is 0 Å². The summed E-state index contributed by atoms with van der Waals surface area (Å²) in [7, 11) is 0. The van der Waals surface area contributed by atoms with Gasteiger partial charge < -0.3 is 9.84 Å². The van der Waals surface area contributed by atoms with Crippen LogP contribution in [-0.2, 0) is 13.1 Å². The van der Waals surface area contributed by atoms with Crippen LogP contribution in [0.15, 0.2) is 4.52 Å². The van der Waals surface area contributed by atoms with Crippen molar-refractivity contribution < 1.29 is 4.52 Å². The highest BCUT2D eigenvalue weighted by atomic mass is 16.5. The van der Waals surface area contributed by atoms with Crippen LogP contribution in [0, 0.1) is 0 Å². The van der Waals surface area contributed by atoms with Gasteiger partial charge >= 0.3 is 0 Å². The summed E-state index contributed by atoms with van der Waals surface area (Å²) in [5.41, 5.74) is 2.37. The van der Waals surface area contributed by atoms with Crippen molar-refractivity contribution in [2.45, 2.75) is 32.9 Å². The van der Waals surface area contributed by atoms with E-state index in [-0.39, 0.29) is 0 Å². The molecule has 0 bridgehead atoms. The quantitative estimate of drug-likeness (QED) is 0.661. The van der Waals surface area contributed by atoms with Gasteiger partial charge in [0.2, 0.25) is 0 Å². The molecule has 3 nitrogen and oxygen atoms in total. The van der Waals surface area contributed by atoms with Crippen molar-refractivity contribution in [3.8, 4) is 0 Å². The SMILES string of the molecule is CC(C)c1onc2c1CNC2. The second kappa shape index (κ2) is 2.34. The molecule has 0 fully saturated rings. The second-order valence-corrected chi connectivity index (χ2v) is 3.23. The Kier molecular flexibility index (Phi) is 1.46. The van der Waals surface area contributed by atoms with Crippen LogP contribution < -0.4 is 5.32 Å². The van der Waals surface area contributed by atoms with Crippen LogP contribution in [0.2, 0.25) is 0 Å². The Morgan fingerprint density at radius 1 is 1.45 bits per heavy atom. The fourth-order valence-electron chi connectivity index (χ4n) is 1.44. The van der Waals surface area contributed by atoms with Gasteiger partial charge in [-0.1, -0.05) is 19.0 Å². The normalized spacial score (nSPS) is 15.9. The van der Waals surface area contributed by atoms with Crippen molar-refractivity contribution in [1.82, 2.24) is 10.5 Å². The summed E-state index contributed by atoms with van der Waals surface area (Å²) in [5, 5.41) is 7.22. The van der Waals surface area contributed by atoms with E-state index in [1.807, 2.05) is 0 Å². The molecule has 2 heterocycles. The Balaban J connectivity index is 2.42. The zero-order chi connectivity index (χ0) is 7.84. The Hall–Kier alpha value is -0.830. The van der Waals surface area contributed by atoms with Gasteiger partial charge in [-0.3, -0.25) is 0 Å². The Labute approximate surface area is 65.8 Å². The van der Waals surface area contributed by atoms with Gasteiger partial charge in [-0.2, -0.15) is 0 Å². The molecule has 1 aliphatic rings. The lowest BCUT2D eigenvalue weighted by Gasteiger charge is -1.99. The summed E-state index contributed by atoms with van der Waals surface area (Å²) in [5.74, 6) is 1.50. The molecule has 3 heteroatoms. The number of nitrogens with zero attached hydrogens (tertiary/aromatic N) is 1. The van der Waals surface area contributed by atoms with Crippen molar-refractivity contribution >= 4 is 0 Å². The molecule has 0 saturated heterocycles. The summed E-state index contributed by atoms with van der Waals surface area (Å²) in [6.07, 6.45) is 0. The number of hydrogen-bond acceptors (Lipinski definition) is 3. The molecule has 0 aliphatic carbocycles. The van der Waals surface area contributed by atoms with E-state index in [9.17, 15) is 0 Å². The zero-order valence-corrected chi connectivity index (χ0v) is 6.85. The van der Waals surface area contributed by atoms with E-state index in [0.717, 1.165) is 24.5 Å². The van der Waals surface area contributed by atoms with Crippen LogP contribution >= 0.6 is 0 Å². The first-order valence-corrected chi connectivity index (χ1v) is 3.97. The smallest absolute Gasteiger partial charge is 0.144 e. The van der Waals surface area contributed by atoms with Crippen LogP contribution in [0.3, 0.4) is 0 Å². The van der Waals surface area contributed by atoms with Gasteiger partial charge in [0, 0.05) is 24.6 Å². The number of fused-ring (bicyclic) bond motifs is 1. The first kappa shape index (κ1) is 6.85. The first-order chi connectivity index (χ1) is 5.29. The standard InChI is InChI=1S/C8H12N2O/c1-5(2)8-6-3-9-4-7(6)10-11-8/h5,9H,3-4H2,1-2H3. The van der Waals surface area contributed by atoms with Crippen molar-refractivity contribution in [2.24, 2.45) is 0 Å². The summed E-state index contributed by atoms with van der Waals surface area (Å²) in [6, 6.07) is 0. The topological polar surface area (TPSA) is 38.1 Å². The highest BCUT2D eigenvalue weighted by molar-refractivity contribution is 5.27. The fourth-order valence-corrected chi connectivity index (χ4v) is 1.44. The third kappa shape index (κ3) is 0.959. The molecule has 0 aromatic carbocycles. The highest BCUT2D eigenvalue weighted by Gasteiger charge is 2.21. The van der Waals surface area contributed by atoms with E-state index in [1.165, 1.54) is 5.56 Å². The lowest BCUT2D eigenvalue weighted by molar-refractivity contribution is 0.359. The van der Waals surface area contributed by atoms with Crippen LogP contribution in [0.4, 0.5) is 0 Å². The number of nitrogens with one attached hydrogen (secondary N) is 1. The maximum atomic E-state index is 5.21. The Morgan fingerprint density at radius 2 is 2.27 bits per heavy atom. The maximum Gasteiger partial charge on any atom is 0.144 e. The van der Waals surface area contributed by atoms with E-state index < -0.39 is 0 Å². The van der Waals surface area contributed by atoms with Crippen molar-refractivity contribution in [2.75, 3.05) is 0 Å². The molecule has 0 atom stereocenters. The van der Waals surface area contributed by atoms with Gasteiger partial charge in [-0.25, -0.2) is 0 Å². The summed E-state index contributed by atoms with van der Waals surface area (Å²) >= 11 is 0. The average molecular weight is 152 g/mol. The lowest BCUT2D eigenvalue weighted by Crippen LogP contribution is -2.02. The molecular weight excluding hydrogens is 140 g/mol. The summed E-state index contributed by atoms with van der Waals surface area (Å²) in [4.78, 5) is 0. The molecule has 11 heavy (non-hydrogen) atoms. The molecule has 0 unspecified atom stereocenters. The molecule has 1 aromatic heterocycles. The highest BCUT2D eigenvalue weighted by Crippen LogP contribution is 2.25. The van der Waals surface area contributed by atoms with Crippen molar-refractivity contribution in [3.05, 3.63) is 17.0 Å². The van der Waals surface area contributed by atoms with Gasteiger partial charge in [-0.05, 0) is 0 Å². The molecule has 0 radical (unpaired) electrons. The minimum atomic E-state index is 0.450. The number of rotatable bonds is 1. The Bertz CT molecular complexity index is 265. The largest absolute Gasteiger partial charge is 0.360 e. The Morgan fingerprint density at radius 3 is 3.00 bits per heavy atom. The molecule has 1 aliphatic heterocycles. The van der Waals surface area contributed by atoms with Crippen molar-refractivity contribution in [3.63, 3.8) is 0 Å². The van der Waals surface area contributed by atoms with Crippen LogP contribution in [0.1, 0.15) is 36.8 Å². The predicted molar refractivity (Wildman–Crippen MR) is 41.1 cm³/mol. The molecule has 60 valence electrons. The third-order valence-electron chi connectivity index (χ3n) is 2.02. The van der Waals surface area contributed by atoms with Gasteiger partial charge in [0.05, 0.1) is 0 Å². The molecule has 0 spiro atoms. The van der Waals surface area contributed by atoms with E-state index in [1.54, 1.807) is 0 Å². The average Bonchev–Trinajstić information content (AvgIpc) is 2.41. The van der Waals surface area contributed by atoms with Crippen LogP contribution in [-0.4, -0.2) is 5.16 Å². The minimum Gasteiger partial charge on any atom is -0.360 e. The second-order valence-electron chi connectivity index (χ2n) is 3.23. The first-order valence-electron chi connectivity index (χ1n) is 3.97. The molecule has 0 amide bonds. The van der Waals surface area contributed by atoms with E-state index in [2.05, 4.69) is 24.3 Å². The van der Waals surface area contributed by atoms with E-state index in [0.29, 0.717) is 5.92 Å². The molecule has 0 saturated carbocycles. The number of hydrogen-bond donors (Lipinski definition) is 1. The van der Waals surface area contributed by atoms with E-state index in [4.69, 9.17) is 4.52 Å². The fraction of sp³-hybridized carbons (Fsp3) is 0.625. The monoisotopic (exact) mass is 152 g/mol. The summed E-state index contributed by atoms with van der Waals surface area (Å²) < 4.78 is 5.21. The summed E-state index contributed by atoms with van der Waals surface area (Å²) in [6.45, 7) is 6.04. The van der Waals surface area contributed by atoms with Gasteiger partial charge in [0.25, 0.3) is 0 Å². The molecular formula is C8H12N2O. The lowest BCUT2D eigenvalue weighted by atomic mass is 10.1. The minimum absolute atomic E-state index is 0.450. The van der Waals surface area contributed by atoms with E-state index >= 15 is 0 Å². The van der Waals surface area contributed by atoms with Gasteiger partial charge in [0.15, 0.2) is 0 Å².